The number of guanidine groups is 1. The Morgan fingerprint density at radius 1 is 1.22 bits per heavy atom. The first-order valence-corrected chi connectivity index (χ1v) is 11.2. The first-order chi connectivity index (χ1) is 15.1. The molecular weight excluding hydrogens is 543 g/mol. The van der Waals surface area contributed by atoms with Crippen LogP contribution in [0.2, 0.25) is 0 Å². The van der Waals surface area contributed by atoms with Gasteiger partial charge in [0.15, 0.2) is 5.96 Å². The van der Waals surface area contributed by atoms with Crippen LogP contribution in [-0.2, 0) is 17.7 Å². The van der Waals surface area contributed by atoms with Gasteiger partial charge in [-0.3, -0.25) is 0 Å². The van der Waals surface area contributed by atoms with Gasteiger partial charge >= 0.3 is 5.97 Å². The monoisotopic (exact) mass is 574 g/mol. The summed E-state index contributed by atoms with van der Waals surface area (Å²) in [7, 11) is 2.90. The van der Waals surface area contributed by atoms with Crippen molar-refractivity contribution in [2.75, 3.05) is 51.8 Å². The molecule has 1 fully saturated rings. The number of hydrogen-bond acceptors (Lipinski definition) is 8. The van der Waals surface area contributed by atoms with Crippen molar-refractivity contribution < 1.29 is 14.3 Å². The molecule has 0 spiro atoms. The van der Waals surface area contributed by atoms with Gasteiger partial charge < -0.3 is 24.6 Å². The lowest BCUT2D eigenvalue weighted by Gasteiger charge is -2.36. The summed E-state index contributed by atoms with van der Waals surface area (Å²) in [5, 5.41) is 4.38. The predicted octanol–water partition coefficient (Wildman–Crippen LogP) is 2.80. The first-order valence-electron chi connectivity index (χ1n) is 10.5. The molecule has 0 amide bonds. The Morgan fingerprint density at radius 3 is 2.56 bits per heavy atom. The zero-order chi connectivity index (χ0) is 22.2. The Kier molecular flexibility index (Phi) is 10.4. The fraction of sp³-hybridized carbons (Fsp3) is 0.524. The Labute approximate surface area is 210 Å². The summed E-state index contributed by atoms with van der Waals surface area (Å²) in [5.74, 6) is 1.86. The third-order valence-corrected chi connectivity index (χ3v) is 5.86. The minimum Gasteiger partial charge on any atom is -0.496 e. The van der Waals surface area contributed by atoms with E-state index >= 15 is 0 Å². The number of piperazine rings is 1. The molecule has 0 radical (unpaired) electrons. The average molecular weight is 574 g/mol. The lowest BCUT2D eigenvalue weighted by atomic mass is 10.1. The van der Waals surface area contributed by atoms with Crippen LogP contribution in [0.4, 0.5) is 5.13 Å². The normalized spacial score (nSPS) is 14.1. The summed E-state index contributed by atoms with van der Waals surface area (Å²) in [4.78, 5) is 25.8. The average Bonchev–Trinajstić information content (AvgIpc) is 3.30. The number of nitrogens with one attached hydrogen (secondary N) is 1. The lowest BCUT2D eigenvalue weighted by Crippen LogP contribution is -2.52. The van der Waals surface area contributed by atoms with Crippen LogP contribution in [0.3, 0.4) is 0 Å². The van der Waals surface area contributed by atoms with E-state index < -0.39 is 5.97 Å². The molecule has 0 aliphatic carbocycles. The third-order valence-electron chi connectivity index (χ3n) is 5.04. The minimum absolute atomic E-state index is 0. The number of carbonyl (C=O) groups is 1. The fourth-order valence-electron chi connectivity index (χ4n) is 3.33. The van der Waals surface area contributed by atoms with Crippen molar-refractivity contribution in [1.29, 1.82) is 0 Å². The maximum atomic E-state index is 11.9. The number of aryl methyl sites for hydroxylation is 1. The van der Waals surface area contributed by atoms with Crippen molar-refractivity contribution in [2.45, 2.75) is 26.8 Å². The van der Waals surface area contributed by atoms with Gasteiger partial charge in [0.25, 0.3) is 0 Å². The second-order valence-corrected chi connectivity index (χ2v) is 7.75. The van der Waals surface area contributed by atoms with Crippen molar-refractivity contribution in [3.8, 4) is 5.75 Å². The largest absolute Gasteiger partial charge is 0.496 e. The van der Waals surface area contributed by atoms with Crippen LogP contribution in [0, 0.1) is 0 Å². The minimum atomic E-state index is -0.417. The van der Waals surface area contributed by atoms with Gasteiger partial charge in [-0.25, -0.2) is 14.8 Å². The molecule has 0 atom stereocenters. The molecule has 1 aromatic carbocycles. The van der Waals surface area contributed by atoms with Crippen LogP contribution in [-0.4, -0.2) is 73.1 Å². The summed E-state index contributed by atoms with van der Waals surface area (Å²) in [6.07, 6.45) is 0.860. The van der Waals surface area contributed by atoms with Crippen LogP contribution < -0.4 is 15.0 Å². The second kappa shape index (κ2) is 12.8. The Balaban J connectivity index is 0.00000363. The number of benzene rings is 1. The Bertz CT molecular complexity index is 915. The number of anilines is 1. The quantitative estimate of drug-likeness (QED) is 0.234. The number of halogens is 1. The van der Waals surface area contributed by atoms with Crippen molar-refractivity contribution in [1.82, 2.24) is 19.6 Å². The summed E-state index contributed by atoms with van der Waals surface area (Å²) >= 11 is 1.47. The maximum Gasteiger partial charge on any atom is 0.341 e. The molecule has 0 bridgehead atoms. The SMILES string of the molecule is CCNC(=NCc1ccc(C(=O)OC)c(OC)c1)N1CCN(c2nc(CC)ns2)CC1.I. The van der Waals surface area contributed by atoms with Gasteiger partial charge in [0.05, 0.1) is 20.8 Å². The second-order valence-electron chi connectivity index (χ2n) is 7.02. The van der Waals surface area contributed by atoms with E-state index in [9.17, 15) is 4.79 Å². The highest BCUT2D eigenvalue weighted by Crippen LogP contribution is 2.22. The van der Waals surface area contributed by atoms with Gasteiger partial charge in [0, 0.05) is 50.7 Å². The standard InChI is InChI=1S/C21H30N6O3S.HI/c1-5-18-24-21(31-25-18)27-11-9-26(10-12-27)20(22-6-2)23-14-15-7-8-16(19(28)30-4)17(13-15)29-3;/h7-8,13H,5-6,9-12,14H2,1-4H3,(H,22,23);1H. The van der Waals surface area contributed by atoms with Crippen LogP contribution in [0.1, 0.15) is 35.6 Å². The molecule has 1 N–H and O–H groups in total. The number of hydrogen-bond donors (Lipinski definition) is 1. The van der Waals surface area contributed by atoms with Gasteiger partial charge in [-0.2, -0.15) is 4.37 Å². The summed E-state index contributed by atoms with van der Waals surface area (Å²) in [5.41, 5.74) is 1.36. The number of ether oxygens (including phenoxy) is 2. The molecule has 1 saturated heterocycles. The van der Waals surface area contributed by atoms with E-state index in [4.69, 9.17) is 14.5 Å². The number of nitrogens with zero attached hydrogens (tertiary/aromatic N) is 5. The molecule has 1 aromatic heterocycles. The number of rotatable bonds is 7. The number of esters is 1. The zero-order valence-corrected chi connectivity index (χ0v) is 22.1. The third kappa shape index (κ3) is 6.44. The number of carbonyl (C=O) groups excluding carboxylic acids is 1. The highest BCUT2D eigenvalue weighted by atomic mass is 127. The van der Waals surface area contributed by atoms with Crippen molar-refractivity contribution in [3.05, 3.63) is 35.2 Å². The van der Waals surface area contributed by atoms with Crippen molar-refractivity contribution in [2.24, 2.45) is 4.99 Å². The highest BCUT2D eigenvalue weighted by Gasteiger charge is 2.22. The number of aromatic nitrogens is 2. The van der Waals surface area contributed by atoms with Gasteiger partial charge in [-0.1, -0.05) is 13.0 Å². The summed E-state index contributed by atoms with van der Waals surface area (Å²) in [6, 6.07) is 5.42. The topological polar surface area (TPSA) is 92.2 Å². The molecular formula is C21H31IN6O3S. The van der Waals surface area contributed by atoms with E-state index in [1.807, 2.05) is 12.1 Å². The smallest absolute Gasteiger partial charge is 0.341 e. The molecule has 1 aliphatic rings. The summed E-state index contributed by atoms with van der Waals surface area (Å²) < 4.78 is 14.5. The van der Waals surface area contributed by atoms with Gasteiger partial charge in [0.2, 0.25) is 5.13 Å². The highest BCUT2D eigenvalue weighted by molar-refractivity contribution is 14.0. The van der Waals surface area contributed by atoms with Crippen molar-refractivity contribution in [3.63, 3.8) is 0 Å². The molecule has 0 saturated carbocycles. The fourth-order valence-corrected chi connectivity index (χ4v) is 4.13. The molecule has 1 aliphatic heterocycles. The van der Waals surface area contributed by atoms with Crippen LogP contribution >= 0.6 is 35.5 Å². The lowest BCUT2D eigenvalue weighted by molar-refractivity contribution is 0.0597. The molecule has 2 heterocycles. The molecule has 0 unspecified atom stereocenters. The van der Waals surface area contributed by atoms with Gasteiger partial charge in [-0.15, -0.1) is 24.0 Å². The molecule has 176 valence electrons. The van der Waals surface area contributed by atoms with E-state index in [0.29, 0.717) is 17.9 Å². The van der Waals surface area contributed by atoms with Crippen LogP contribution in [0.15, 0.2) is 23.2 Å². The Hall–Kier alpha value is -2.15. The van der Waals surface area contributed by atoms with E-state index in [0.717, 1.165) is 61.6 Å². The summed E-state index contributed by atoms with van der Waals surface area (Å²) in [6.45, 7) is 8.88. The van der Waals surface area contributed by atoms with E-state index in [2.05, 4.69) is 38.3 Å². The molecule has 11 heteroatoms. The van der Waals surface area contributed by atoms with Gasteiger partial charge in [0.1, 0.15) is 17.1 Å². The number of methoxy groups -OCH3 is 2. The Morgan fingerprint density at radius 2 is 1.97 bits per heavy atom. The van der Waals surface area contributed by atoms with Gasteiger partial charge in [-0.05, 0) is 24.6 Å². The number of aliphatic imine (C=N–C) groups is 1. The van der Waals surface area contributed by atoms with Crippen LogP contribution in [0.5, 0.6) is 5.75 Å². The predicted molar refractivity (Wildman–Crippen MR) is 138 cm³/mol. The van der Waals surface area contributed by atoms with E-state index in [1.165, 1.54) is 18.6 Å². The zero-order valence-electron chi connectivity index (χ0n) is 19.0. The van der Waals surface area contributed by atoms with E-state index in [-0.39, 0.29) is 24.0 Å². The molecule has 9 nitrogen and oxygen atoms in total. The molecule has 2 aromatic rings. The maximum absolute atomic E-state index is 11.9. The van der Waals surface area contributed by atoms with Crippen LogP contribution in [0.25, 0.3) is 0 Å². The van der Waals surface area contributed by atoms with Crippen molar-refractivity contribution >= 4 is 52.6 Å². The molecule has 32 heavy (non-hydrogen) atoms. The molecule has 3 rings (SSSR count). The van der Waals surface area contributed by atoms with E-state index in [1.54, 1.807) is 13.2 Å². The first kappa shape index (κ1) is 26.1.